The Balaban J connectivity index is 2.05. The molecule has 0 saturated heterocycles. The number of hydrogen-bond acceptors (Lipinski definition) is 4. The molecular formula is C14H14FN3O2. The minimum Gasteiger partial charge on any atom is -0.478 e. The number of amides is 1. The van der Waals surface area contributed by atoms with Gasteiger partial charge in [0, 0.05) is 6.20 Å². The molecule has 2 aromatic rings. The van der Waals surface area contributed by atoms with E-state index in [-0.39, 0.29) is 5.75 Å². The Morgan fingerprint density at radius 2 is 2.15 bits per heavy atom. The zero-order valence-corrected chi connectivity index (χ0v) is 10.9. The Morgan fingerprint density at radius 1 is 1.35 bits per heavy atom. The van der Waals surface area contributed by atoms with Crippen LogP contribution in [-0.2, 0) is 4.79 Å². The second kappa shape index (κ2) is 6.60. The van der Waals surface area contributed by atoms with Crippen molar-refractivity contribution < 1.29 is 13.9 Å². The Bertz CT molecular complexity index is 578. The van der Waals surface area contributed by atoms with E-state index in [1.807, 2.05) is 0 Å². The van der Waals surface area contributed by atoms with Crippen LogP contribution in [0.4, 0.5) is 10.2 Å². The summed E-state index contributed by atoms with van der Waals surface area (Å²) < 4.78 is 18.9. The predicted molar refractivity (Wildman–Crippen MR) is 71.8 cm³/mol. The summed E-state index contributed by atoms with van der Waals surface area (Å²) >= 11 is 0. The van der Waals surface area contributed by atoms with E-state index in [9.17, 15) is 9.18 Å². The van der Waals surface area contributed by atoms with E-state index in [0.717, 1.165) is 0 Å². The summed E-state index contributed by atoms with van der Waals surface area (Å²) in [6, 6.07) is 9.23. The monoisotopic (exact) mass is 275 g/mol. The Morgan fingerprint density at radius 3 is 2.80 bits per heavy atom. The summed E-state index contributed by atoms with van der Waals surface area (Å²) in [7, 11) is 0. The molecule has 1 atom stereocenters. The van der Waals surface area contributed by atoms with Gasteiger partial charge in [0.2, 0.25) is 0 Å². The molecule has 1 heterocycles. The van der Waals surface area contributed by atoms with Crippen LogP contribution in [0.5, 0.6) is 5.75 Å². The van der Waals surface area contributed by atoms with Gasteiger partial charge in [-0.05, 0) is 30.7 Å². The molecule has 0 radical (unpaired) electrons. The van der Waals surface area contributed by atoms with Crippen LogP contribution in [0.3, 0.4) is 0 Å². The van der Waals surface area contributed by atoms with Crippen molar-refractivity contribution in [3.8, 4) is 5.75 Å². The first-order valence-corrected chi connectivity index (χ1v) is 6.20. The first kappa shape index (κ1) is 13.9. The zero-order chi connectivity index (χ0) is 14.4. The van der Waals surface area contributed by atoms with Gasteiger partial charge >= 0.3 is 0 Å². The number of hydrogen-bond donors (Lipinski definition) is 1. The number of benzene rings is 1. The summed E-state index contributed by atoms with van der Waals surface area (Å²) in [5.74, 6) is -0.517. The molecular weight excluding hydrogens is 261 g/mol. The fourth-order valence-corrected chi connectivity index (χ4v) is 1.59. The average molecular weight is 275 g/mol. The largest absolute Gasteiger partial charge is 0.478 e. The second-order valence-corrected chi connectivity index (χ2v) is 4.04. The van der Waals surface area contributed by atoms with Gasteiger partial charge in [0.05, 0.1) is 0 Å². The fraction of sp³-hybridized carbons (Fsp3) is 0.214. The quantitative estimate of drug-likeness (QED) is 0.910. The Kier molecular flexibility index (Phi) is 4.60. The van der Waals surface area contributed by atoms with Crippen molar-refractivity contribution in [3.05, 3.63) is 48.4 Å². The number of nitrogens with one attached hydrogen (secondary N) is 1. The van der Waals surface area contributed by atoms with Gasteiger partial charge in [0.1, 0.15) is 0 Å². The van der Waals surface area contributed by atoms with Crippen molar-refractivity contribution in [2.45, 2.75) is 19.4 Å². The van der Waals surface area contributed by atoms with Gasteiger partial charge in [-0.3, -0.25) is 4.79 Å². The van der Waals surface area contributed by atoms with E-state index < -0.39 is 17.8 Å². The van der Waals surface area contributed by atoms with Gasteiger partial charge in [-0.15, -0.1) is 5.10 Å². The SMILES string of the molecule is CC[C@H](Oc1ccccc1F)C(=O)Nc1cccnn1. The van der Waals surface area contributed by atoms with Crippen LogP contribution in [0, 0.1) is 5.82 Å². The molecule has 1 N–H and O–H groups in total. The molecule has 6 heteroatoms. The van der Waals surface area contributed by atoms with Crippen LogP contribution in [0.25, 0.3) is 0 Å². The molecule has 0 fully saturated rings. The zero-order valence-electron chi connectivity index (χ0n) is 10.9. The fourth-order valence-electron chi connectivity index (χ4n) is 1.59. The lowest BCUT2D eigenvalue weighted by Gasteiger charge is -2.17. The van der Waals surface area contributed by atoms with Gasteiger partial charge < -0.3 is 10.1 Å². The van der Waals surface area contributed by atoms with Crippen molar-refractivity contribution in [2.24, 2.45) is 0 Å². The summed E-state index contributed by atoms with van der Waals surface area (Å²) in [4.78, 5) is 12.0. The summed E-state index contributed by atoms with van der Waals surface area (Å²) in [5.41, 5.74) is 0. The van der Waals surface area contributed by atoms with Crippen LogP contribution in [0.15, 0.2) is 42.6 Å². The molecule has 0 aliphatic heterocycles. The first-order valence-electron chi connectivity index (χ1n) is 6.20. The molecule has 1 aromatic carbocycles. The standard InChI is InChI=1S/C14H14FN3O2/c1-2-11(20-12-7-4-3-6-10(12)15)14(19)17-13-8-5-9-16-18-13/h3-9,11H,2H2,1H3,(H,17,18,19)/t11-/m0/s1. The molecule has 20 heavy (non-hydrogen) atoms. The number of anilines is 1. The lowest BCUT2D eigenvalue weighted by atomic mass is 10.2. The summed E-state index contributed by atoms with van der Waals surface area (Å²) in [6.07, 6.45) is 1.11. The van der Waals surface area contributed by atoms with Crippen molar-refractivity contribution in [2.75, 3.05) is 5.32 Å². The predicted octanol–water partition coefficient (Wildman–Crippen LogP) is 2.41. The van der Waals surface area contributed by atoms with Gasteiger partial charge in [0.15, 0.2) is 23.5 Å². The topological polar surface area (TPSA) is 64.1 Å². The number of para-hydroxylation sites is 1. The molecule has 0 aliphatic rings. The Hall–Kier alpha value is -2.50. The van der Waals surface area contributed by atoms with E-state index in [1.54, 1.807) is 31.2 Å². The number of halogens is 1. The molecule has 0 spiro atoms. The van der Waals surface area contributed by atoms with Crippen LogP contribution in [-0.4, -0.2) is 22.2 Å². The maximum atomic E-state index is 13.5. The van der Waals surface area contributed by atoms with E-state index in [2.05, 4.69) is 15.5 Å². The number of ether oxygens (including phenoxy) is 1. The number of rotatable bonds is 5. The molecule has 1 aromatic heterocycles. The lowest BCUT2D eigenvalue weighted by Crippen LogP contribution is -2.33. The molecule has 0 unspecified atom stereocenters. The van der Waals surface area contributed by atoms with Crippen LogP contribution in [0.1, 0.15) is 13.3 Å². The van der Waals surface area contributed by atoms with Gasteiger partial charge in [-0.1, -0.05) is 19.1 Å². The van der Waals surface area contributed by atoms with E-state index >= 15 is 0 Å². The minimum atomic E-state index is -0.797. The maximum absolute atomic E-state index is 13.5. The molecule has 104 valence electrons. The maximum Gasteiger partial charge on any atom is 0.266 e. The molecule has 0 aliphatic carbocycles. The number of nitrogens with zero attached hydrogens (tertiary/aromatic N) is 2. The highest BCUT2D eigenvalue weighted by Crippen LogP contribution is 2.18. The highest BCUT2D eigenvalue weighted by molar-refractivity contribution is 5.93. The Labute approximate surface area is 115 Å². The van der Waals surface area contributed by atoms with Gasteiger partial charge in [-0.25, -0.2) is 4.39 Å². The van der Waals surface area contributed by atoms with Crippen molar-refractivity contribution in [3.63, 3.8) is 0 Å². The second-order valence-electron chi connectivity index (χ2n) is 4.04. The highest BCUT2D eigenvalue weighted by Gasteiger charge is 2.20. The van der Waals surface area contributed by atoms with Crippen molar-refractivity contribution >= 4 is 11.7 Å². The first-order chi connectivity index (χ1) is 9.70. The number of aromatic nitrogens is 2. The highest BCUT2D eigenvalue weighted by atomic mass is 19.1. The lowest BCUT2D eigenvalue weighted by molar-refractivity contribution is -0.122. The molecule has 0 saturated carbocycles. The third-order valence-electron chi connectivity index (χ3n) is 2.59. The van der Waals surface area contributed by atoms with E-state index in [0.29, 0.717) is 12.2 Å². The molecule has 1 amide bonds. The van der Waals surface area contributed by atoms with Crippen molar-refractivity contribution in [1.82, 2.24) is 10.2 Å². The van der Waals surface area contributed by atoms with Crippen molar-refractivity contribution in [1.29, 1.82) is 0 Å². The van der Waals surface area contributed by atoms with Crippen LogP contribution < -0.4 is 10.1 Å². The van der Waals surface area contributed by atoms with Gasteiger partial charge in [0.25, 0.3) is 5.91 Å². The van der Waals surface area contributed by atoms with Crippen LogP contribution >= 0.6 is 0 Å². The molecule has 2 rings (SSSR count). The molecule has 5 nitrogen and oxygen atoms in total. The third kappa shape index (κ3) is 3.50. The van der Waals surface area contributed by atoms with E-state index in [1.165, 1.54) is 18.3 Å². The molecule has 0 bridgehead atoms. The number of carbonyl (C=O) groups excluding carboxylic acids is 1. The van der Waals surface area contributed by atoms with Gasteiger partial charge in [-0.2, -0.15) is 5.10 Å². The minimum absolute atomic E-state index is 0.0497. The smallest absolute Gasteiger partial charge is 0.266 e. The third-order valence-corrected chi connectivity index (χ3v) is 2.59. The summed E-state index contributed by atoms with van der Waals surface area (Å²) in [5, 5.41) is 9.98. The number of carbonyl (C=O) groups is 1. The average Bonchev–Trinajstić information content (AvgIpc) is 2.47. The van der Waals surface area contributed by atoms with Crippen LogP contribution in [0.2, 0.25) is 0 Å². The normalized spacial score (nSPS) is 11.7. The van der Waals surface area contributed by atoms with E-state index in [4.69, 9.17) is 4.74 Å². The summed E-state index contributed by atoms with van der Waals surface area (Å²) in [6.45, 7) is 1.78.